The summed E-state index contributed by atoms with van der Waals surface area (Å²) in [6.45, 7) is 0.701. The fourth-order valence-corrected chi connectivity index (χ4v) is 1.76. The predicted molar refractivity (Wildman–Crippen MR) is 72.8 cm³/mol. The third-order valence-corrected chi connectivity index (χ3v) is 2.68. The summed E-state index contributed by atoms with van der Waals surface area (Å²) in [6, 6.07) is 11.9. The Bertz CT molecular complexity index is 497. The lowest BCUT2D eigenvalue weighted by Gasteiger charge is -1.99. The van der Waals surface area contributed by atoms with Gasteiger partial charge in [0.2, 0.25) is 0 Å². The van der Waals surface area contributed by atoms with Crippen LogP contribution in [0.15, 0.2) is 58.4 Å². The maximum Gasteiger partial charge on any atom is 0.0581 e. The minimum atomic E-state index is 0.701. The lowest BCUT2D eigenvalue weighted by Crippen LogP contribution is -2.05. The first-order chi connectivity index (χ1) is 8.34. The highest BCUT2D eigenvalue weighted by atomic mass is 79.9. The summed E-state index contributed by atoms with van der Waals surface area (Å²) < 4.78 is 1.05. The molecule has 0 aliphatic carbocycles. The average molecular weight is 290 g/mol. The summed E-state index contributed by atoms with van der Waals surface area (Å²) in [5, 5.41) is 4.16. The van der Waals surface area contributed by atoms with Crippen molar-refractivity contribution in [1.29, 1.82) is 0 Å². The maximum absolute atomic E-state index is 4.16. The highest BCUT2D eigenvalue weighted by Crippen LogP contribution is 2.09. The molecule has 2 aromatic rings. The van der Waals surface area contributed by atoms with E-state index < -0.39 is 0 Å². The third-order valence-electron chi connectivity index (χ3n) is 2.19. The molecule has 0 spiro atoms. The van der Waals surface area contributed by atoms with Crippen LogP contribution in [0.3, 0.4) is 0 Å². The zero-order chi connectivity index (χ0) is 11.9. The number of hydrogen-bond donors (Lipinski definition) is 1. The molecule has 3 nitrogen and oxygen atoms in total. The summed E-state index contributed by atoms with van der Waals surface area (Å²) in [4.78, 5) is 3.96. The van der Waals surface area contributed by atoms with Gasteiger partial charge in [0.05, 0.1) is 12.8 Å². The monoisotopic (exact) mass is 289 g/mol. The molecule has 0 amide bonds. The second-order valence-electron chi connectivity index (χ2n) is 3.50. The van der Waals surface area contributed by atoms with E-state index in [-0.39, 0.29) is 0 Å². The Kier molecular flexibility index (Phi) is 4.27. The van der Waals surface area contributed by atoms with Crippen molar-refractivity contribution in [3.8, 4) is 0 Å². The van der Waals surface area contributed by atoms with Crippen LogP contribution in [-0.2, 0) is 6.54 Å². The molecule has 0 aliphatic rings. The van der Waals surface area contributed by atoms with E-state index in [0.717, 1.165) is 15.6 Å². The normalized spacial score (nSPS) is 10.6. The number of halogens is 1. The molecule has 0 bridgehead atoms. The van der Waals surface area contributed by atoms with Gasteiger partial charge in [0.15, 0.2) is 0 Å². The molecule has 0 saturated carbocycles. The van der Waals surface area contributed by atoms with Crippen molar-refractivity contribution in [3.05, 3.63) is 64.4 Å². The van der Waals surface area contributed by atoms with E-state index in [9.17, 15) is 0 Å². The number of nitrogens with one attached hydrogen (secondary N) is 1. The van der Waals surface area contributed by atoms with Crippen molar-refractivity contribution >= 4 is 22.1 Å². The number of benzene rings is 1. The molecule has 86 valence electrons. The minimum Gasteiger partial charge on any atom is -0.306 e. The average Bonchev–Trinajstić information content (AvgIpc) is 2.36. The van der Waals surface area contributed by atoms with Gasteiger partial charge in [-0.25, -0.2) is 0 Å². The minimum absolute atomic E-state index is 0.701. The van der Waals surface area contributed by atoms with E-state index in [4.69, 9.17) is 0 Å². The van der Waals surface area contributed by atoms with Crippen LogP contribution in [0.4, 0.5) is 0 Å². The van der Waals surface area contributed by atoms with Gasteiger partial charge in [-0.2, -0.15) is 5.10 Å². The van der Waals surface area contributed by atoms with Gasteiger partial charge in [0, 0.05) is 16.9 Å². The summed E-state index contributed by atoms with van der Waals surface area (Å²) in [7, 11) is 0. The van der Waals surface area contributed by atoms with Gasteiger partial charge >= 0.3 is 0 Å². The molecule has 4 heteroatoms. The second-order valence-corrected chi connectivity index (χ2v) is 4.42. The molecule has 0 aliphatic heterocycles. The Balaban J connectivity index is 1.86. The Hall–Kier alpha value is -1.68. The predicted octanol–water partition coefficient (Wildman–Crippen LogP) is 2.97. The fourth-order valence-electron chi connectivity index (χ4n) is 1.34. The zero-order valence-corrected chi connectivity index (χ0v) is 10.8. The van der Waals surface area contributed by atoms with Crippen molar-refractivity contribution in [3.63, 3.8) is 0 Å². The number of nitrogens with zero attached hydrogens (tertiary/aromatic N) is 2. The van der Waals surface area contributed by atoms with Gasteiger partial charge in [0.25, 0.3) is 0 Å². The molecule has 2 rings (SSSR count). The molecule has 1 N–H and O–H groups in total. The van der Waals surface area contributed by atoms with Crippen molar-refractivity contribution in [2.75, 3.05) is 0 Å². The van der Waals surface area contributed by atoms with Gasteiger partial charge in [0.1, 0.15) is 0 Å². The Morgan fingerprint density at radius 2 is 2.06 bits per heavy atom. The van der Waals surface area contributed by atoms with Crippen LogP contribution < -0.4 is 5.43 Å². The Labute approximate surface area is 109 Å². The van der Waals surface area contributed by atoms with Crippen LogP contribution in [0.5, 0.6) is 0 Å². The summed E-state index contributed by atoms with van der Waals surface area (Å²) >= 11 is 3.42. The second kappa shape index (κ2) is 6.15. The molecule has 0 fully saturated rings. The SMILES string of the molecule is Brc1cccc(C=NNCc2ccncc2)c1. The van der Waals surface area contributed by atoms with E-state index >= 15 is 0 Å². The molecular formula is C13H12BrN3. The number of hydrogen-bond acceptors (Lipinski definition) is 3. The van der Waals surface area contributed by atoms with Crippen molar-refractivity contribution < 1.29 is 0 Å². The highest BCUT2D eigenvalue weighted by Gasteiger charge is 1.90. The van der Waals surface area contributed by atoms with Crippen LogP contribution in [0.25, 0.3) is 0 Å². The van der Waals surface area contributed by atoms with Gasteiger partial charge in [-0.05, 0) is 35.4 Å². The van der Waals surface area contributed by atoms with Crippen LogP contribution >= 0.6 is 15.9 Å². The largest absolute Gasteiger partial charge is 0.306 e. The number of rotatable bonds is 4. The zero-order valence-electron chi connectivity index (χ0n) is 9.18. The van der Waals surface area contributed by atoms with Crippen molar-refractivity contribution in [1.82, 2.24) is 10.4 Å². The highest BCUT2D eigenvalue weighted by molar-refractivity contribution is 9.10. The lowest BCUT2D eigenvalue weighted by atomic mass is 10.2. The Morgan fingerprint density at radius 1 is 1.24 bits per heavy atom. The van der Waals surface area contributed by atoms with Crippen LogP contribution in [0.2, 0.25) is 0 Å². The molecule has 0 saturated heterocycles. The van der Waals surface area contributed by atoms with Gasteiger partial charge < -0.3 is 5.43 Å². The third kappa shape index (κ3) is 4.00. The first-order valence-electron chi connectivity index (χ1n) is 5.25. The van der Waals surface area contributed by atoms with Crippen LogP contribution in [0.1, 0.15) is 11.1 Å². The molecule has 0 atom stereocenters. The maximum atomic E-state index is 4.16. The molecule has 1 heterocycles. The molecule has 0 unspecified atom stereocenters. The lowest BCUT2D eigenvalue weighted by molar-refractivity contribution is 0.747. The summed E-state index contributed by atoms with van der Waals surface area (Å²) in [5.74, 6) is 0. The summed E-state index contributed by atoms with van der Waals surface area (Å²) in [5.41, 5.74) is 5.21. The molecule has 17 heavy (non-hydrogen) atoms. The molecule has 1 aromatic heterocycles. The standard InChI is InChI=1S/C13H12BrN3/c14-13-3-1-2-12(8-13)10-17-16-9-11-4-6-15-7-5-11/h1-8,10,16H,9H2. The van der Waals surface area contributed by atoms with Crippen molar-refractivity contribution in [2.24, 2.45) is 5.10 Å². The number of aromatic nitrogens is 1. The first kappa shape index (κ1) is 11.8. The van der Waals surface area contributed by atoms with E-state index in [1.165, 1.54) is 0 Å². The van der Waals surface area contributed by atoms with Crippen LogP contribution in [-0.4, -0.2) is 11.2 Å². The van der Waals surface area contributed by atoms with E-state index in [2.05, 4.69) is 31.4 Å². The molecule has 1 aromatic carbocycles. The smallest absolute Gasteiger partial charge is 0.0581 e. The fraction of sp³-hybridized carbons (Fsp3) is 0.0769. The van der Waals surface area contributed by atoms with Gasteiger partial charge in [-0.1, -0.05) is 28.1 Å². The van der Waals surface area contributed by atoms with E-state index in [1.807, 2.05) is 36.4 Å². The first-order valence-corrected chi connectivity index (χ1v) is 6.04. The van der Waals surface area contributed by atoms with E-state index in [1.54, 1.807) is 18.6 Å². The number of pyridine rings is 1. The molecule has 0 radical (unpaired) electrons. The Morgan fingerprint density at radius 3 is 2.82 bits per heavy atom. The van der Waals surface area contributed by atoms with E-state index in [0.29, 0.717) is 6.54 Å². The topological polar surface area (TPSA) is 37.3 Å². The molecular weight excluding hydrogens is 278 g/mol. The number of hydrazone groups is 1. The van der Waals surface area contributed by atoms with Gasteiger partial charge in [-0.3, -0.25) is 4.98 Å². The quantitative estimate of drug-likeness (QED) is 0.694. The van der Waals surface area contributed by atoms with Crippen molar-refractivity contribution in [2.45, 2.75) is 6.54 Å². The summed E-state index contributed by atoms with van der Waals surface area (Å²) in [6.07, 6.45) is 5.34. The van der Waals surface area contributed by atoms with Gasteiger partial charge in [-0.15, -0.1) is 0 Å². The van der Waals surface area contributed by atoms with Crippen LogP contribution in [0, 0.1) is 0 Å².